The monoisotopic (exact) mass is 360 g/mol. The van der Waals surface area contributed by atoms with Crippen molar-refractivity contribution in [2.45, 2.75) is 12.8 Å². The second-order valence-corrected chi connectivity index (χ2v) is 6.77. The van der Waals surface area contributed by atoms with Gasteiger partial charge in [0.1, 0.15) is 6.33 Å². The molecule has 2 aromatic rings. The van der Waals surface area contributed by atoms with E-state index in [0.717, 1.165) is 25.1 Å². The molecule has 132 valence electrons. The van der Waals surface area contributed by atoms with Crippen LogP contribution in [-0.2, 0) is 9.59 Å². The van der Waals surface area contributed by atoms with Gasteiger partial charge in [-0.25, -0.2) is 4.68 Å². The average Bonchev–Trinajstić information content (AvgIpc) is 3.17. The molecule has 2 amide bonds. The van der Waals surface area contributed by atoms with Crippen LogP contribution in [-0.4, -0.2) is 62.0 Å². The fraction of sp³-hybridized carbons (Fsp3) is 0.438. The summed E-state index contributed by atoms with van der Waals surface area (Å²) in [6, 6.07) is 7.33. The van der Waals surface area contributed by atoms with Crippen molar-refractivity contribution >= 4 is 29.3 Å². The van der Waals surface area contributed by atoms with E-state index >= 15 is 0 Å². The third kappa shape index (κ3) is 4.36. The maximum Gasteiger partial charge on any atom is 0.232 e. The molecule has 9 heteroatoms. The Morgan fingerprint density at radius 1 is 1.40 bits per heavy atom. The Labute approximate surface area is 150 Å². The Morgan fingerprint density at radius 3 is 3.04 bits per heavy atom. The lowest BCUT2D eigenvalue weighted by Crippen LogP contribution is -2.44. The standard InChI is InChI=1S/C16H20N6O2S/c1-25-10-15(23)21-7-3-4-12(9-21)16(24)18-13-5-2-6-14(8-13)22-11-17-19-20-22/h2,5-6,8,11-12H,3-4,7,9-10H2,1H3,(H,18,24). The summed E-state index contributed by atoms with van der Waals surface area (Å²) in [5, 5.41) is 14.0. The average molecular weight is 360 g/mol. The predicted octanol–water partition coefficient (Wildman–Crippen LogP) is 1.20. The molecule has 1 aliphatic rings. The second-order valence-electron chi connectivity index (χ2n) is 5.91. The van der Waals surface area contributed by atoms with E-state index in [1.54, 1.807) is 4.90 Å². The molecule has 3 rings (SSSR count). The van der Waals surface area contributed by atoms with Gasteiger partial charge in [-0.3, -0.25) is 9.59 Å². The van der Waals surface area contributed by atoms with Crippen molar-refractivity contribution in [3.8, 4) is 5.69 Å². The zero-order valence-electron chi connectivity index (χ0n) is 14.0. The lowest BCUT2D eigenvalue weighted by molar-refractivity contribution is -0.132. The normalized spacial score (nSPS) is 17.3. The molecule has 0 spiro atoms. The van der Waals surface area contributed by atoms with E-state index in [4.69, 9.17) is 0 Å². The van der Waals surface area contributed by atoms with E-state index in [2.05, 4.69) is 20.8 Å². The van der Waals surface area contributed by atoms with Crippen LogP contribution in [0, 0.1) is 5.92 Å². The van der Waals surface area contributed by atoms with E-state index in [9.17, 15) is 9.59 Å². The zero-order valence-corrected chi connectivity index (χ0v) is 14.8. The fourth-order valence-corrected chi connectivity index (χ4v) is 3.31. The van der Waals surface area contributed by atoms with E-state index < -0.39 is 0 Å². The summed E-state index contributed by atoms with van der Waals surface area (Å²) in [5.74, 6) is 0.319. The van der Waals surface area contributed by atoms with Gasteiger partial charge in [-0.1, -0.05) is 6.07 Å². The molecule has 1 aromatic heterocycles. The highest BCUT2D eigenvalue weighted by atomic mass is 32.2. The van der Waals surface area contributed by atoms with E-state index in [-0.39, 0.29) is 17.7 Å². The minimum atomic E-state index is -0.184. The molecule has 1 saturated heterocycles. The van der Waals surface area contributed by atoms with Crippen molar-refractivity contribution in [3.05, 3.63) is 30.6 Å². The Hall–Kier alpha value is -2.42. The highest BCUT2D eigenvalue weighted by Gasteiger charge is 2.28. The van der Waals surface area contributed by atoms with Crippen molar-refractivity contribution in [2.24, 2.45) is 5.92 Å². The molecule has 0 radical (unpaired) electrons. The van der Waals surface area contributed by atoms with Gasteiger partial charge >= 0.3 is 0 Å². The number of thioether (sulfide) groups is 1. The maximum absolute atomic E-state index is 12.6. The molecule has 1 N–H and O–H groups in total. The van der Waals surface area contributed by atoms with Crippen molar-refractivity contribution in [1.29, 1.82) is 0 Å². The first-order valence-corrected chi connectivity index (χ1v) is 9.48. The minimum Gasteiger partial charge on any atom is -0.341 e. The SMILES string of the molecule is CSCC(=O)N1CCCC(C(=O)Nc2cccc(-n3cnnn3)c2)C1. The van der Waals surface area contributed by atoms with Crippen LogP contribution in [0.15, 0.2) is 30.6 Å². The van der Waals surface area contributed by atoms with E-state index in [1.165, 1.54) is 22.8 Å². The molecule has 1 fully saturated rings. The van der Waals surface area contributed by atoms with Gasteiger partial charge in [0.2, 0.25) is 11.8 Å². The van der Waals surface area contributed by atoms with Crippen LogP contribution in [0.3, 0.4) is 0 Å². The molecule has 8 nitrogen and oxygen atoms in total. The number of rotatable bonds is 5. The number of benzene rings is 1. The molecule has 1 aliphatic heterocycles. The van der Waals surface area contributed by atoms with Gasteiger partial charge in [0.25, 0.3) is 0 Å². The minimum absolute atomic E-state index is 0.0597. The van der Waals surface area contributed by atoms with Gasteiger partial charge in [0.15, 0.2) is 0 Å². The molecule has 1 atom stereocenters. The number of anilines is 1. The summed E-state index contributed by atoms with van der Waals surface area (Å²) in [6.45, 7) is 1.22. The van der Waals surface area contributed by atoms with Crippen molar-refractivity contribution in [3.63, 3.8) is 0 Å². The number of nitrogens with one attached hydrogen (secondary N) is 1. The van der Waals surface area contributed by atoms with Crippen molar-refractivity contribution < 1.29 is 9.59 Å². The number of piperidine rings is 1. The molecule has 1 aromatic carbocycles. The van der Waals surface area contributed by atoms with Gasteiger partial charge in [0, 0.05) is 18.8 Å². The number of hydrogen-bond acceptors (Lipinski definition) is 6. The number of carbonyl (C=O) groups is 2. The maximum atomic E-state index is 12.6. The Balaban J connectivity index is 1.64. The number of nitrogens with zero attached hydrogens (tertiary/aromatic N) is 5. The summed E-state index contributed by atoms with van der Waals surface area (Å²) in [5.41, 5.74) is 1.45. The summed E-state index contributed by atoms with van der Waals surface area (Å²) < 4.78 is 1.53. The number of carbonyl (C=O) groups excluding carboxylic acids is 2. The largest absolute Gasteiger partial charge is 0.341 e. The summed E-state index contributed by atoms with van der Waals surface area (Å²) in [7, 11) is 0. The molecule has 0 saturated carbocycles. The molecule has 2 heterocycles. The topological polar surface area (TPSA) is 93.0 Å². The Morgan fingerprint density at radius 2 is 2.28 bits per heavy atom. The van der Waals surface area contributed by atoms with Crippen LogP contribution in [0.25, 0.3) is 5.69 Å². The summed E-state index contributed by atoms with van der Waals surface area (Å²) in [4.78, 5) is 26.4. The number of hydrogen-bond donors (Lipinski definition) is 1. The Bertz CT molecular complexity index is 736. The molecule has 0 bridgehead atoms. The Kier molecular flexibility index (Phi) is 5.64. The molecule has 0 aliphatic carbocycles. The van der Waals surface area contributed by atoms with Crippen LogP contribution in [0.4, 0.5) is 5.69 Å². The number of likely N-dealkylation sites (tertiary alicyclic amines) is 1. The first kappa shape index (κ1) is 17.4. The van der Waals surface area contributed by atoms with Crippen molar-refractivity contribution in [2.75, 3.05) is 30.4 Å². The predicted molar refractivity (Wildman–Crippen MR) is 95.5 cm³/mol. The number of aromatic nitrogens is 4. The lowest BCUT2D eigenvalue weighted by atomic mass is 9.97. The molecular formula is C16H20N6O2S. The number of amides is 2. The lowest BCUT2D eigenvalue weighted by Gasteiger charge is -2.32. The number of tetrazole rings is 1. The van der Waals surface area contributed by atoms with E-state index in [0.29, 0.717) is 18.0 Å². The first-order chi connectivity index (χ1) is 12.2. The molecular weight excluding hydrogens is 340 g/mol. The summed E-state index contributed by atoms with van der Waals surface area (Å²) >= 11 is 1.51. The molecule has 25 heavy (non-hydrogen) atoms. The highest BCUT2D eigenvalue weighted by molar-refractivity contribution is 7.99. The van der Waals surface area contributed by atoms with Crippen molar-refractivity contribution in [1.82, 2.24) is 25.1 Å². The van der Waals surface area contributed by atoms with Gasteiger partial charge in [-0.15, -0.1) is 5.10 Å². The smallest absolute Gasteiger partial charge is 0.232 e. The first-order valence-electron chi connectivity index (χ1n) is 8.08. The molecule has 1 unspecified atom stereocenters. The highest BCUT2D eigenvalue weighted by Crippen LogP contribution is 2.20. The third-order valence-corrected chi connectivity index (χ3v) is 4.68. The van der Waals surface area contributed by atoms with Gasteiger partial charge in [0.05, 0.1) is 17.4 Å². The van der Waals surface area contributed by atoms with E-state index in [1.807, 2.05) is 30.5 Å². The quantitative estimate of drug-likeness (QED) is 0.861. The van der Waals surface area contributed by atoms with Gasteiger partial charge < -0.3 is 10.2 Å². The van der Waals surface area contributed by atoms with Crippen LogP contribution in [0.2, 0.25) is 0 Å². The second kappa shape index (κ2) is 8.11. The van der Waals surface area contributed by atoms with Crippen LogP contribution in [0.5, 0.6) is 0 Å². The van der Waals surface area contributed by atoms with Crippen LogP contribution >= 0.6 is 11.8 Å². The van der Waals surface area contributed by atoms with Crippen LogP contribution < -0.4 is 5.32 Å². The zero-order chi connectivity index (χ0) is 17.6. The van der Waals surface area contributed by atoms with Gasteiger partial charge in [-0.2, -0.15) is 11.8 Å². The van der Waals surface area contributed by atoms with Gasteiger partial charge in [-0.05, 0) is 47.7 Å². The fourth-order valence-electron chi connectivity index (χ4n) is 2.88. The third-order valence-electron chi connectivity index (χ3n) is 4.14. The summed E-state index contributed by atoms with van der Waals surface area (Å²) in [6.07, 6.45) is 5.05. The van der Waals surface area contributed by atoms with Crippen LogP contribution in [0.1, 0.15) is 12.8 Å².